The summed E-state index contributed by atoms with van der Waals surface area (Å²) >= 11 is 0. The standard InChI is InChI=1S/C31H44N2O6/c1-35-12-3-10-33-11-13-38-29-9-6-23(14-27(29)33)19-39-30-17-32-16-28(34)31(30)24-7-4-22(5-8-24)18-37-21-26-15-25(26)20-36-2/h4-9,14,25-26,28,30-32,34H,3,10-13,15-21H2,1-2H3/t25-,26-,28-,30+,31+/m1/s1. The number of methoxy groups -OCH3 is 2. The molecule has 2 N–H and O–H groups in total. The number of rotatable bonds is 14. The Balaban J connectivity index is 1.17. The van der Waals surface area contributed by atoms with Gasteiger partial charge in [-0.25, -0.2) is 0 Å². The summed E-state index contributed by atoms with van der Waals surface area (Å²) in [6.45, 7) is 7.23. The maximum Gasteiger partial charge on any atom is 0.142 e. The number of fused-ring (bicyclic) bond motifs is 1. The van der Waals surface area contributed by atoms with E-state index < -0.39 is 6.10 Å². The molecule has 2 aliphatic heterocycles. The van der Waals surface area contributed by atoms with Gasteiger partial charge in [-0.05, 0) is 53.5 Å². The lowest BCUT2D eigenvalue weighted by atomic mass is 9.85. The van der Waals surface area contributed by atoms with E-state index in [2.05, 4.69) is 46.6 Å². The van der Waals surface area contributed by atoms with E-state index in [1.165, 1.54) is 6.42 Å². The lowest BCUT2D eigenvalue weighted by molar-refractivity contribution is -0.0328. The molecule has 0 aromatic heterocycles. The number of aliphatic hydroxyl groups is 1. The molecule has 0 amide bonds. The predicted octanol–water partition coefficient (Wildman–Crippen LogP) is 3.35. The quantitative estimate of drug-likeness (QED) is 0.353. The molecule has 8 nitrogen and oxygen atoms in total. The molecule has 5 atom stereocenters. The van der Waals surface area contributed by atoms with E-state index in [1.54, 1.807) is 14.2 Å². The van der Waals surface area contributed by atoms with Crippen LogP contribution < -0.4 is 15.0 Å². The molecule has 2 aromatic rings. The molecule has 214 valence electrons. The van der Waals surface area contributed by atoms with Gasteiger partial charge in [0.1, 0.15) is 12.4 Å². The van der Waals surface area contributed by atoms with Gasteiger partial charge in [0.2, 0.25) is 0 Å². The first kappa shape index (κ1) is 28.3. The van der Waals surface area contributed by atoms with Crippen molar-refractivity contribution in [1.29, 1.82) is 0 Å². The van der Waals surface area contributed by atoms with Gasteiger partial charge in [-0.15, -0.1) is 0 Å². The second-order valence-electron chi connectivity index (χ2n) is 11.1. The normalized spacial score (nSPS) is 26.2. The van der Waals surface area contributed by atoms with Gasteiger partial charge in [0.15, 0.2) is 0 Å². The molecule has 2 fully saturated rings. The van der Waals surface area contributed by atoms with Crippen LogP contribution in [0.2, 0.25) is 0 Å². The molecule has 39 heavy (non-hydrogen) atoms. The third-order valence-corrected chi connectivity index (χ3v) is 8.15. The summed E-state index contributed by atoms with van der Waals surface area (Å²) in [7, 11) is 3.50. The highest BCUT2D eigenvalue weighted by Crippen LogP contribution is 2.39. The smallest absolute Gasteiger partial charge is 0.142 e. The van der Waals surface area contributed by atoms with Crippen LogP contribution in [0.3, 0.4) is 0 Å². The highest BCUT2D eigenvalue weighted by molar-refractivity contribution is 5.61. The van der Waals surface area contributed by atoms with E-state index in [-0.39, 0.29) is 12.0 Å². The topological polar surface area (TPSA) is 81.7 Å². The van der Waals surface area contributed by atoms with Crippen LogP contribution in [0.25, 0.3) is 0 Å². The van der Waals surface area contributed by atoms with Crippen molar-refractivity contribution in [3.05, 3.63) is 59.2 Å². The average Bonchev–Trinajstić information content (AvgIpc) is 3.70. The van der Waals surface area contributed by atoms with Crippen molar-refractivity contribution in [2.75, 3.05) is 71.7 Å². The van der Waals surface area contributed by atoms with Crippen molar-refractivity contribution in [3.8, 4) is 5.75 Å². The number of nitrogens with zero attached hydrogens (tertiary/aromatic N) is 1. The van der Waals surface area contributed by atoms with Gasteiger partial charge in [0.25, 0.3) is 0 Å². The Morgan fingerprint density at radius 3 is 2.62 bits per heavy atom. The van der Waals surface area contributed by atoms with Gasteiger partial charge >= 0.3 is 0 Å². The van der Waals surface area contributed by atoms with Crippen LogP contribution in [0.5, 0.6) is 5.75 Å². The number of nitrogens with one attached hydrogen (secondary N) is 1. The zero-order valence-corrected chi connectivity index (χ0v) is 23.3. The van der Waals surface area contributed by atoms with Crippen LogP contribution in [0, 0.1) is 11.8 Å². The van der Waals surface area contributed by atoms with E-state index in [0.717, 1.165) is 67.5 Å². The Hall–Kier alpha value is -2.20. The molecule has 0 unspecified atom stereocenters. The van der Waals surface area contributed by atoms with E-state index in [1.807, 2.05) is 6.07 Å². The minimum atomic E-state index is -0.508. The monoisotopic (exact) mass is 540 g/mol. The zero-order chi connectivity index (χ0) is 27.0. The van der Waals surface area contributed by atoms with Crippen molar-refractivity contribution >= 4 is 5.69 Å². The molecule has 3 aliphatic rings. The lowest BCUT2D eigenvalue weighted by Crippen LogP contribution is -2.49. The molecule has 8 heteroatoms. The Morgan fingerprint density at radius 2 is 1.79 bits per heavy atom. The average molecular weight is 541 g/mol. The van der Waals surface area contributed by atoms with Crippen LogP contribution in [-0.2, 0) is 32.2 Å². The van der Waals surface area contributed by atoms with Gasteiger partial charge in [-0.2, -0.15) is 0 Å². The van der Waals surface area contributed by atoms with E-state index in [0.29, 0.717) is 44.7 Å². The number of hydrogen-bond donors (Lipinski definition) is 2. The van der Waals surface area contributed by atoms with Gasteiger partial charge in [0.05, 0.1) is 44.3 Å². The van der Waals surface area contributed by atoms with E-state index >= 15 is 0 Å². The number of β-amino-alcohol motifs (C(OH)–C–C–N with tert-alkyl or cyclic N) is 1. The highest BCUT2D eigenvalue weighted by atomic mass is 16.5. The van der Waals surface area contributed by atoms with Crippen molar-refractivity contribution in [2.45, 2.75) is 44.2 Å². The number of benzene rings is 2. The van der Waals surface area contributed by atoms with Gasteiger partial charge in [-0.3, -0.25) is 0 Å². The van der Waals surface area contributed by atoms with Crippen LogP contribution in [0.1, 0.15) is 35.4 Å². The first-order valence-electron chi connectivity index (χ1n) is 14.3. The minimum Gasteiger partial charge on any atom is -0.490 e. The molecule has 0 spiro atoms. The van der Waals surface area contributed by atoms with Crippen molar-refractivity contribution in [3.63, 3.8) is 0 Å². The molecule has 1 aliphatic carbocycles. The molecule has 5 rings (SSSR count). The molecule has 2 aromatic carbocycles. The maximum atomic E-state index is 10.9. The fourth-order valence-electron chi connectivity index (χ4n) is 5.81. The summed E-state index contributed by atoms with van der Waals surface area (Å²) in [5, 5.41) is 14.3. The van der Waals surface area contributed by atoms with E-state index in [4.69, 9.17) is 23.7 Å². The fourth-order valence-corrected chi connectivity index (χ4v) is 5.81. The summed E-state index contributed by atoms with van der Waals surface area (Å²) in [5.41, 5.74) is 4.47. The minimum absolute atomic E-state index is 0.0889. The molecule has 0 radical (unpaired) electrons. The first-order valence-corrected chi connectivity index (χ1v) is 14.3. The third-order valence-electron chi connectivity index (χ3n) is 8.15. The summed E-state index contributed by atoms with van der Waals surface area (Å²) in [6.07, 6.45) is 1.54. The van der Waals surface area contributed by atoms with Crippen LogP contribution in [-0.4, -0.2) is 84.1 Å². The summed E-state index contributed by atoms with van der Waals surface area (Å²) in [6, 6.07) is 14.8. The number of hydrogen-bond acceptors (Lipinski definition) is 8. The molecule has 1 saturated carbocycles. The largest absolute Gasteiger partial charge is 0.490 e. The summed E-state index contributed by atoms with van der Waals surface area (Å²) < 4.78 is 28.8. The van der Waals surface area contributed by atoms with Crippen LogP contribution in [0.15, 0.2) is 42.5 Å². The fraction of sp³-hybridized carbons (Fsp3) is 0.613. The Kier molecular flexibility index (Phi) is 10.1. The molecule has 2 heterocycles. The Bertz CT molecular complexity index is 1030. The second kappa shape index (κ2) is 13.9. The summed E-state index contributed by atoms with van der Waals surface area (Å²) in [4.78, 5) is 2.37. The second-order valence-corrected chi connectivity index (χ2v) is 11.1. The maximum absolute atomic E-state index is 10.9. The SMILES string of the molecule is COCCCN1CCOc2ccc(CO[C@H]3CNC[C@@H](O)[C@@H]3c3ccc(COC[C@H]4C[C@@H]4COC)cc3)cc21. The first-order chi connectivity index (χ1) is 19.2. The predicted molar refractivity (Wildman–Crippen MR) is 150 cm³/mol. The van der Waals surface area contributed by atoms with Gasteiger partial charge in [0, 0.05) is 53.0 Å². The highest BCUT2D eigenvalue weighted by Gasteiger charge is 2.37. The third kappa shape index (κ3) is 7.51. The van der Waals surface area contributed by atoms with Crippen molar-refractivity contribution in [2.24, 2.45) is 11.8 Å². The molecule has 0 bridgehead atoms. The molecular weight excluding hydrogens is 496 g/mol. The van der Waals surface area contributed by atoms with Crippen LogP contribution >= 0.6 is 0 Å². The van der Waals surface area contributed by atoms with Gasteiger partial charge in [-0.1, -0.05) is 30.3 Å². The number of piperidine rings is 1. The van der Waals surface area contributed by atoms with E-state index in [9.17, 15) is 5.11 Å². The van der Waals surface area contributed by atoms with Crippen molar-refractivity contribution < 1.29 is 28.8 Å². The molecule has 1 saturated heterocycles. The number of ether oxygens (including phenoxy) is 5. The van der Waals surface area contributed by atoms with Gasteiger partial charge < -0.3 is 39.0 Å². The Labute approximate surface area is 232 Å². The lowest BCUT2D eigenvalue weighted by Gasteiger charge is -2.36. The molecular formula is C31H44N2O6. The summed E-state index contributed by atoms with van der Waals surface area (Å²) in [5.74, 6) is 2.12. The Morgan fingerprint density at radius 1 is 0.974 bits per heavy atom. The van der Waals surface area contributed by atoms with Crippen LogP contribution in [0.4, 0.5) is 5.69 Å². The zero-order valence-electron chi connectivity index (χ0n) is 23.3. The van der Waals surface area contributed by atoms with Crippen molar-refractivity contribution in [1.82, 2.24) is 5.32 Å². The number of anilines is 1. The number of aliphatic hydroxyl groups excluding tert-OH is 1.